The Morgan fingerprint density at radius 2 is 1.96 bits per heavy atom. The van der Waals surface area contributed by atoms with Gasteiger partial charge in [-0.1, -0.05) is 65.3 Å². The molecule has 0 fully saturated rings. The molecule has 0 radical (unpaired) electrons. The van der Waals surface area contributed by atoms with Gasteiger partial charge < -0.3 is 9.05 Å². The lowest BCUT2D eigenvalue weighted by Crippen LogP contribution is -2.22. The normalized spacial score (nSPS) is 19.0. The molecule has 0 N–H and O–H groups in total. The molecule has 1 aromatic carbocycles. The van der Waals surface area contributed by atoms with Crippen LogP contribution in [0.1, 0.15) is 41.9 Å². The number of nitrogens with zero attached hydrogens (tertiary/aromatic N) is 2. The Kier molecular flexibility index (Phi) is 5.27. The van der Waals surface area contributed by atoms with Crippen molar-refractivity contribution in [3.63, 3.8) is 0 Å². The van der Waals surface area contributed by atoms with Gasteiger partial charge in [0.25, 0.3) is 0 Å². The van der Waals surface area contributed by atoms with E-state index in [0.717, 1.165) is 12.1 Å². The minimum atomic E-state index is 0.0222. The van der Waals surface area contributed by atoms with Crippen LogP contribution in [0.15, 0.2) is 81.9 Å². The molecule has 0 saturated heterocycles. The average Bonchev–Trinajstić information content (AvgIpc) is 3.36. The first kappa shape index (κ1) is 17.6. The predicted molar refractivity (Wildman–Crippen MR) is 98.5 cm³/mol. The Balaban J connectivity index is 0.000000236. The van der Waals surface area contributed by atoms with Crippen LogP contribution < -0.4 is 0 Å². The van der Waals surface area contributed by atoms with Crippen molar-refractivity contribution in [3.05, 3.63) is 89.7 Å². The Hall–Kier alpha value is -3.21. The first-order valence-electron chi connectivity index (χ1n) is 8.31. The lowest BCUT2D eigenvalue weighted by Gasteiger charge is -2.31. The molecule has 2 aromatic heterocycles. The summed E-state index contributed by atoms with van der Waals surface area (Å²) < 4.78 is 9.29. The minimum absolute atomic E-state index is 0.0222. The Labute approximate surface area is 152 Å². The highest BCUT2D eigenvalue weighted by molar-refractivity contribution is 5.73. The second kappa shape index (κ2) is 7.78. The van der Waals surface area contributed by atoms with Crippen LogP contribution in [0.5, 0.6) is 0 Å². The number of carbonyl (C=O) groups excluding carboxylic acids is 1. The van der Waals surface area contributed by atoms with E-state index in [2.05, 4.69) is 71.2 Å². The summed E-state index contributed by atoms with van der Waals surface area (Å²) in [6.45, 7) is 4.42. The van der Waals surface area contributed by atoms with Crippen LogP contribution in [0.4, 0.5) is 0 Å². The number of allylic oxidation sites excluding steroid dienone is 4. The zero-order valence-corrected chi connectivity index (χ0v) is 14.8. The van der Waals surface area contributed by atoms with Crippen molar-refractivity contribution in [1.29, 1.82) is 0 Å². The summed E-state index contributed by atoms with van der Waals surface area (Å²) >= 11 is 0. The van der Waals surface area contributed by atoms with E-state index >= 15 is 0 Å². The molecule has 0 bridgehead atoms. The molecule has 0 saturated carbocycles. The maximum atomic E-state index is 9.77. The third-order valence-electron chi connectivity index (χ3n) is 4.29. The van der Waals surface area contributed by atoms with Crippen LogP contribution in [0, 0.1) is 0 Å². The van der Waals surface area contributed by atoms with Crippen molar-refractivity contribution in [2.24, 2.45) is 0 Å². The minimum Gasteiger partial charge on any atom is -0.364 e. The molecule has 3 aromatic rings. The zero-order chi connectivity index (χ0) is 18.4. The molecule has 1 aliphatic rings. The molecule has 0 aliphatic heterocycles. The topological polar surface area (TPSA) is 69.1 Å². The smallest absolute Gasteiger partial charge is 0.154 e. The molecule has 2 heterocycles. The second-order valence-electron chi connectivity index (χ2n) is 6.48. The summed E-state index contributed by atoms with van der Waals surface area (Å²) in [5, 5.41) is 7.35. The van der Waals surface area contributed by atoms with E-state index in [0.29, 0.717) is 11.8 Å². The molecule has 1 aliphatic carbocycles. The van der Waals surface area contributed by atoms with Crippen LogP contribution in [0.2, 0.25) is 0 Å². The standard InChI is InChI=1S/C17H17NO.C4H3NO2/c1-13-10-14(16-8-9-19-18-16)12-17(2,11-13)15-6-4-3-5-7-15;6-2-4-1-5-7-3-4/h3-11H,12H2,1-2H3;1-3H. The predicted octanol–water partition coefficient (Wildman–Crippen LogP) is 4.85. The van der Waals surface area contributed by atoms with Crippen molar-refractivity contribution < 1.29 is 13.8 Å². The zero-order valence-electron chi connectivity index (χ0n) is 14.8. The largest absolute Gasteiger partial charge is 0.364 e. The third kappa shape index (κ3) is 4.06. The molecular formula is C21H20N2O3. The molecule has 26 heavy (non-hydrogen) atoms. The first-order chi connectivity index (χ1) is 12.6. The molecule has 5 heteroatoms. The highest BCUT2D eigenvalue weighted by atomic mass is 16.5. The molecular weight excluding hydrogens is 328 g/mol. The summed E-state index contributed by atoms with van der Waals surface area (Å²) in [5.41, 5.74) is 5.28. The maximum Gasteiger partial charge on any atom is 0.154 e. The van der Waals surface area contributed by atoms with Gasteiger partial charge in [-0.25, -0.2) is 0 Å². The Morgan fingerprint density at radius 1 is 1.15 bits per heavy atom. The van der Waals surface area contributed by atoms with Crippen LogP contribution in [-0.4, -0.2) is 16.6 Å². The Morgan fingerprint density at radius 3 is 2.54 bits per heavy atom. The summed E-state index contributed by atoms with van der Waals surface area (Å²) in [5.74, 6) is 0. The van der Waals surface area contributed by atoms with Gasteiger partial charge in [0.15, 0.2) is 6.29 Å². The van der Waals surface area contributed by atoms with Crippen LogP contribution in [0.3, 0.4) is 0 Å². The van der Waals surface area contributed by atoms with Gasteiger partial charge in [0, 0.05) is 11.5 Å². The summed E-state index contributed by atoms with van der Waals surface area (Å²) in [6.07, 6.45) is 10.4. The van der Waals surface area contributed by atoms with Gasteiger partial charge in [0.2, 0.25) is 0 Å². The number of aromatic nitrogens is 2. The fourth-order valence-electron chi connectivity index (χ4n) is 3.13. The SMILES string of the molecule is CC1=CC(C)(c2ccccc2)CC(c2ccon2)=C1.O=Cc1cnoc1. The number of rotatable bonds is 3. The summed E-state index contributed by atoms with van der Waals surface area (Å²) in [6, 6.07) is 12.6. The van der Waals surface area contributed by atoms with Crippen molar-refractivity contribution in [2.75, 3.05) is 0 Å². The van der Waals surface area contributed by atoms with E-state index in [1.807, 2.05) is 6.07 Å². The number of benzene rings is 1. The highest BCUT2D eigenvalue weighted by Gasteiger charge is 2.29. The molecule has 1 unspecified atom stereocenters. The second-order valence-corrected chi connectivity index (χ2v) is 6.48. The van der Waals surface area contributed by atoms with E-state index in [9.17, 15) is 4.79 Å². The van der Waals surface area contributed by atoms with Gasteiger partial charge in [-0.15, -0.1) is 0 Å². The number of hydrogen-bond donors (Lipinski definition) is 0. The van der Waals surface area contributed by atoms with E-state index in [1.54, 1.807) is 6.26 Å². The van der Waals surface area contributed by atoms with Crippen LogP contribution >= 0.6 is 0 Å². The quantitative estimate of drug-likeness (QED) is 0.633. The maximum absolute atomic E-state index is 9.77. The van der Waals surface area contributed by atoms with Gasteiger partial charge >= 0.3 is 0 Å². The molecule has 5 nitrogen and oxygen atoms in total. The first-order valence-corrected chi connectivity index (χ1v) is 8.31. The van der Waals surface area contributed by atoms with Crippen molar-refractivity contribution in [3.8, 4) is 0 Å². The number of hydrogen-bond acceptors (Lipinski definition) is 5. The van der Waals surface area contributed by atoms with Crippen LogP contribution in [0.25, 0.3) is 5.57 Å². The van der Waals surface area contributed by atoms with Crippen LogP contribution in [-0.2, 0) is 5.41 Å². The number of aldehydes is 1. The van der Waals surface area contributed by atoms with E-state index < -0.39 is 0 Å². The molecule has 0 spiro atoms. The molecule has 1 atom stereocenters. The van der Waals surface area contributed by atoms with Crippen molar-refractivity contribution in [1.82, 2.24) is 10.3 Å². The lowest BCUT2D eigenvalue weighted by atomic mass is 9.72. The Bertz CT molecular complexity index is 894. The summed E-state index contributed by atoms with van der Waals surface area (Å²) in [7, 11) is 0. The van der Waals surface area contributed by atoms with E-state index in [4.69, 9.17) is 4.52 Å². The molecule has 0 amide bonds. The van der Waals surface area contributed by atoms with Crippen molar-refractivity contribution >= 4 is 11.9 Å². The monoisotopic (exact) mass is 348 g/mol. The van der Waals surface area contributed by atoms with Gasteiger partial charge in [-0.05, 0) is 24.5 Å². The lowest BCUT2D eigenvalue weighted by molar-refractivity contribution is 0.112. The third-order valence-corrected chi connectivity index (χ3v) is 4.29. The van der Waals surface area contributed by atoms with E-state index in [1.165, 1.54) is 29.2 Å². The highest BCUT2D eigenvalue weighted by Crippen LogP contribution is 2.40. The van der Waals surface area contributed by atoms with Crippen molar-refractivity contribution in [2.45, 2.75) is 25.7 Å². The summed E-state index contributed by atoms with van der Waals surface area (Å²) in [4.78, 5) is 9.77. The fraction of sp³-hybridized carbons (Fsp3) is 0.190. The van der Waals surface area contributed by atoms with Gasteiger partial charge in [-0.3, -0.25) is 4.79 Å². The average molecular weight is 348 g/mol. The van der Waals surface area contributed by atoms with Gasteiger partial charge in [0.05, 0.1) is 11.8 Å². The molecule has 132 valence electrons. The van der Waals surface area contributed by atoms with E-state index in [-0.39, 0.29) is 5.41 Å². The van der Waals surface area contributed by atoms with Gasteiger partial charge in [-0.2, -0.15) is 0 Å². The number of carbonyl (C=O) groups is 1. The van der Waals surface area contributed by atoms with Gasteiger partial charge in [0.1, 0.15) is 18.2 Å². The fourth-order valence-corrected chi connectivity index (χ4v) is 3.13. The molecule has 4 rings (SSSR count).